The third kappa shape index (κ3) is 3.73. The molecular weight excluding hydrogens is 366 g/mol. The predicted octanol–water partition coefficient (Wildman–Crippen LogP) is 3.98. The normalized spacial score (nSPS) is 10.6. The number of aromatic nitrogens is 3. The number of methoxy groups -OCH3 is 2. The highest BCUT2D eigenvalue weighted by Crippen LogP contribution is 2.30. The molecule has 0 bridgehead atoms. The molecule has 3 aromatic carbocycles. The molecule has 0 radical (unpaired) electrons. The van der Waals surface area contributed by atoms with Gasteiger partial charge in [0.05, 0.1) is 19.9 Å². The Morgan fingerprint density at radius 2 is 1.21 bits per heavy atom. The van der Waals surface area contributed by atoms with E-state index in [4.69, 9.17) is 9.47 Å². The van der Waals surface area contributed by atoms with Crippen LogP contribution in [0.1, 0.15) is 0 Å². The molecule has 0 aliphatic carbocycles. The van der Waals surface area contributed by atoms with Crippen molar-refractivity contribution >= 4 is 0 Å². The SMILES string of the molecule is COc1ccc(-c2nc(=O)n(-c3ccccc3)nc2-c2ccc(OC)cc2)cc1. The average Bonchev–Trinajstić information content (AvgIpc) is 2.79. The van der Waals surface area contributed by atoms with E-state index in [0.29, 0.717) is 17.1 Å². The number of hydrogen-bond acceptors (Lipinski definition) is 5. The largest absolute Gasteiger partial charge is 0.497 e. The Morgan fingerprint density at radius 1 is 0.690 bits per heavy atom. The first-order chi connectivity index (χ1) is 14.2. The van der Waals surface area contributed by atoms with Crippen molar-refractivity contribution in [1.29, 1.82) is 0 Å². The fourth-order valence-electron chi connectivity index (χ4n) is 3.02. The molecule has 6 nitrogen and oxygen atoms in total. The molecule has 0 aliphatic rings. The molecule has 0 saturated carbocycles. The molecule has 0 amide bonds. The summed E-state index contributed by atoms with van der Waals surface area (Å²) in [6.45, 7) is 0. The first-order valence-corrected chi connectivity index (χ1v) is 9.05. The highest BCUT2D eigenvalue weighted by Gasteiger charge is 2.16. The third-order valence-corrected chi connectivity index (χ3v) is 4.54. The minimum Gasteiger partial charge on any atom is -0.497 e. The van der Waals surface area contributed by atoms with E-state index in [-0.39, 0.29) is 0 Å². The number of rotatable bonds is 5. The molecule has 4 aromatic rings. The smallest absolute Gasteiger partial charge is 0.369 e. The van der Waals surface area contributed by atoms with E-state index >= 15 is 0 Å². The lowest BCUT2D eigenvalue weighted by Gasteiger charge is -2.12. The quantitative estimate of drug-likeness (QED) is 0.520. The van der Waals surface area contributed by atoms with Gasteiger partial charge in [-0.2, -0.15) is 14.8 Å². The Morgan fingerprint density at radius 3 is 1.72 bits per heavy atom. The van der Waals surface area contributed by atoms with Gasteiger partial charge < -0.3 is 9.47 Å². The van der Waals surface area contributed by atoms with E-state index in [0.717, 1.165) is 22.6 Å². The Labute approximate surface area is 168 Å². The van der Waals surface area contributed by atoms with E-state index in [1.165, 1.54) is 4.68 Å². The summed E-state index contributed by atoms with van der Waals surface area (Å²) in [5, 5.41) is 4.66. The number of ether oxygens (including phenoxy) is 2. The summed E-state index contributed by atoms with van der Waals surface area (Å²) in [5.41, 5.74) is 2.92. The molecule has 0 saturated heterocycles. The summed E-state index contributed by atoms with van der Waals surface area (Å²) in [6, 6.07) is 24.1. The topological polar surface area (TPSA) is 66.2 Å². The van der Waals surface area contributed by atoms with Crippen molar-refractivity contribution in [3.05, 3.63) is 89.3 Å². The molecule has 29 heavy (non-hydrogen) atoms. The highest BCUT2D eigenvalue weighted by molar-refractivity contribution is 5.77. The molecule has 0 unspecified atom stereocenters. The molecule has 0 spiro atoms. The lowest BCUT2D eigenvalue weighted by Crippen LogP contribution is -2.25. The minimum atomic E-state index is -0.445. The molecule has 0 fully saturated rings. The van der Waals surface area contributed by atoms with Crippen LogP contribution in [-0.4, -0.2) is 29.0 Å². The van der Waals surface area contributed by atoms with Crippen LogP contribution in [0, 0.1) is 0 Å². The second-order valence-electron chi connectivity index (χ2n) is 6.30. The molecule has 0 atom stereocenters. The standard InChI is InChI=1S/C23H19N3O3/c1-28-19-12-8-16(9-13-19)21-22(17-10-14-20(29-2)15-11-17)25-26(23(27)24-21)18-6-4-3-5-7-18/h3-15H,1-2H3. The second-order valence-corrected chi connectivity index (χ2v) is 6.30. The molecule has 4 rings (SSSR count). The fraction of sp³-hybridized carbons (Fsp3) is 0.0870. The van der Waals surface area contributed by atoms with Gasteiger partial charge in [-0.05, 0) is 60.7 Å². The van der Waals surface area contributed by atoms with Crippen molar-refractivity contribution in [1.82, 2.24) is 14.8 Å². The predicted molar refractivity (Wildman–Crippen MR) is 112 cm³/mol. The van der Waals surface area contributed by atoms with Gasteiger partial charge in [0.2, 0.25) is 0 Å². The van der Waals surface area contributed by atoms with E-state index in [1.807, 2.05) is 78.9 Å². The van der Waals surface area contributed by atoms with Crippen LogP contribution in [0.15, 0.2) is 83.7 Å². The van der Waals surface area contributed by atoms with Crippen molar-refractivity contribution in [3.63, 3.8) is 0 Å². The number of hydrogen-bond donors (Lipinski definition) is 0. The number of nitrogens with zero attached hydrogens (tertiary/aromatic N) is 3. The molecular formula is C23H19N3O3. The van der Waals surface area contributed by atoms with Crippen molar-refractivity contribution in [2.24, 2.45) is 0 Å². The van der Waals surface area contributed by atoms with Gasteiger partial charge in [-0.15, -0.1) is 0 Å². The molecule has 6 heteroatoms. The number of benzene rings is 3. The second kappa shape index (κ2) is 7.98. The zero-order valence-electron chi connectivity index (χ0n) is 16.1. The van der Waals surface area contributed by atoms with Crippen molar-refractivity contribution in [2.45, 2.75) is 0 Å². The summed E-state index contributed by atoms with van der Waals surface area (Å²) in [5.74, 6) is 1.47. The summed E-state index contributed by atoms with van der Waals surface area (Å²) in [4.78, 5) is 17.1. The Hall–Kier alpha value is -3.93. The molecule has 0 N–H and O–H groups in total. The Kier molecular flexibility index (Phi) is 5.07. The lowest BCUT2D eigenvalue weighted by atomic mass is 10.0. The fourth-order valence-corrected chi connectivity index (χ4v) is 3.02. The monoisotopic (exact) mass is 385 g/mol. The van der Waals surface area contributed by atoms with Gasteiger partial charge in [0.25, 0.3) is 0 Å². The maximum absolute atomic E-state index is 12.8. The van der Waals surface area contributed by atoms with Crippen LogP contribution in [0.25, 0.3) is 28.2 Å². The Bertz CT molecular complexity index is 1170. The van der Waals surface area contributed by atoms with Crippen LogP contribution in [0.2, 0.25) is 0 Å². The minimum absolute atomic E-state index is 0.445. The molecule has 144 valence electrons. The van der Waals surface area contributed by atoms with Crippen LogP contribution in [-0.2, 0) is 0 Å². The van der Waals surface area contributed by atoms with Crippen LogP contribution < -0.4 is 15.2 Å². The van der Waals surface area contributed by atoms with Crippen LogP contribution in [0.4, 0.5) is 0 Å². The van der Waals surface area contributed by atoms with Crippen molar-refractivity contribution in [2.75, 3.05) is 14.2 Å². The maximum atomic E-state index is 12.8. The molecule has 0 aliphatic heterocycles. The summed E-state index contributed by atoms with van der Waals surface area (Å²) < 4.78 is 11.8. The van der Waals surface area contributed by atoms with Gasteiger partial charge in [-0.3, -0.25) is 0 Å². The molecule has 1 heterocycles. The third-order valence-electron chi connectivity index (χ3n) is 4.54. The van der Waals surface area contributed by atoms with Gasteiger partial charge >= 0.3 is 5.69 Å². The zero-order chi connectivity index (χ0) is 20.2. The van der Waals surface area contributed by atoms with E-state index in [2.05, 4.69) is 10.1 Å². The summed E-state index contributed by atoms with van der Waals surface area (Å²) in [7, 11) is 3.23. The molecule has 1 aromatic heterocycles. The van der Waals surface area contributed by atoms with Gasteiger partial charge in [0, 0.05) is 11.1 Å². The van der Waals surface area contributed by atoms with Gasteiger partial charge in [-0.1, -0.05) is 18.2 Å². The Balaban J connectivity index is 1.93. The van der Waals surface area contributed by atoms with Crippen LogP contribution in [0.5, 0.6) is 11.5 Å². The lowest BCUT2D eigenvalue weighted by molar-refractivity contribution is 0.414. The maximum Gasteiger partial charge on any atom is 0.369 e. The van der Waals surface area contributed by atoms with Gasteiger partial charge in [0.15, 0.2) is 0 Å². The van der Waals surface area contributed by atoms with Crippen LogP contribution >= 0.6 is 0 Å². The number of para-hydroxylation sites is 1. The first-order valence-electron chi connectivity index (χ1n) is 9.05. The van der Waals surface area contributed by atoms with E-state index in [1.54, 1.807) is 14.2 Å². The van der Waals surface area contributed by atoms with Crippen molar-refractivity contribution in [3.8, 4) is 39.7 Å². The van der Waals surface area contributed by atoms with Gasteiger partial charge in [0.1, 0.15) is 22.9 Å². The zero-order valence-corrected chi connectivity index (χ0v) is 16.1. The summed E-state index contributed by atoms with van der Waals surface area (Å²) in [6.07, 6.45) is 0. The van der Waals surface area contributed by atoms with E-state index < -0.39 is 5.69 Å². The van der Waals surface area contributed by atoms with Crippen LogP contribution in [0.3, 0.4) is 0 Å². The van der Waals surface area contributed by atoms with Gasteiger partial charge in [-0.25, -0.2) is 4.79 Å². The average molecular weight is 385 g/mol. The first kappa shape index (κ1) is 18.4. The highest BCUT2D eigenvalue weighted by atomic mass is 16.5. The van der Waals surface area contributed by atoms with E-state index in [9.17, 15) is 4.79 Å². The summed E-state index contributed by atoms with van der Waals surface area (Å²) >= 11 is 0. The van der Waals surface area contributed by atoms with Crippen molar-refractivity contribution < 1.29 is 9.47 Å².